The molecule has 3 heteroatoms. The Hall–Kier alpha value is -1.06. The highest BCUT2D eigenvalue weighted by Crippen LogP contribution is 2.36. The molecule has 1 aliphatic rings. The number of hydrogen-bond acceptors (Lipinski definition) is 2. The Balaban J connectivity index is 2.03. The first-order valence-corrected chi connectivity index (χ1v) is 5.40. The first kappa shape index (κ1) is 10.5. The largest absolute Gasteiger partial charge is 0.480 e. The van der Waals surface area contributed by atoms with Gasteiger partial charge in [0.25, 0.3) is 0 Å². The summed E-state index contributed by atoms with van der Waals surface area (Å²) in [5, 5.41) is 17.3. The average molecular weight is 202 g/mol. The summed E-state index contributed by atoms with van der Waals surface area (Å²) in [6, 6.07) is 8.31. The molecule has 0 radical (unpaired) electrons. The van der Waals surface area contributed by atoms with Crippen molar-refractivity contribution in [3.63, 3.8) is 0 Å². The van der Waals surface area contributed by atoms with E-state index in [-0.39, 0.29) is 0 Å². The molecule has 0 saturated heterocycles. The normalized spacial score (nSPS) is 16.7. The summed E-state index contributed by atoms with van der Waals surface area (Å²) in [6.45, 7) is 0. The number of hydrogen-bond donors (Lipinski definition) is 2. The van der Waals surface area contributed by atoms with E-state index in [0.29, 0.717) is 0 Å². The summed E-state index contributed by atoms with van der Waals surface area (Å²) in [6.07, 6.45) is 5.69. The van der Waals surface area contributed by atoms with Crippen molar-refractivity contribution in [1.82, 2.24) is 0 Å². The van der Waals surface area contributed by atoms with Crippen molar-refractivity contribution in [2.75, 3.05) is 0 Å². The Morgan fingerprint density at radius 1 is 1.13 bits per heavy atom. The van der Waals surface area contributed by atoms with Crippen LogP contribution in [0.2, 0.25) is 0 Å². The lowest BCUT2D eigenvalue weighted by molar-refractivity contribution is 0.420. The van der Waals surface area contributed by atoms with Crippen LogP contribution in [0.5, 0.6) is 0 Å². The summed E-state index contributed by atoms with van der Waals surface area (Å²) in [5.41, 5.74) is 2.41. The van der Waals surface area contributed by atoms with Crippen molar-refractivity contribution in [2.24, 2.45) is 0 Å². The van der Waals surface area contributed by atoms with E-state index in [9.17, 15) is 0 Å². The lowest BCUT2D eigenvalue weighted by atomic mass is 9.80. The van der Waals surface area contributed by atoms with Gasteiger partial charge in [0, 0.05) is 0 Å². The van der Waals surface area contributed by atoms with E-state index in [0.717, 1.165) is 11.5 Å². The van der Waals surface area contributed by atoms with Crippen LogP contribution in [0.3, 0.4) is 0 Å². The molecule has 1 aromatic carbocycles. The monoisotopic (exact) mass is 202 g/mol. The standard InChI is InChI=1S/C12H15BO2/c14-13(15)9-8-10-4-6-12(7-5-10)11-2-1-3-11/h4-9,11,14-15H,1-3H2/b9-8+. The average Bonchev–Trinajstić information content (AvgIpc) is 2.14. The van der Waals surface area contributed by atoms with E-state index in [1.807, 2.05) is 12.1 Å². The van der Waals surface area contributed by atoms with Crippen LogP contribution in [-0.4, -0.2) is 17.2 Å². The molecule has 1 fully saturated rings. The summed E-state index contributed by atoms with van der Waals surface area (Å²) in [4.78, 5) is 0. The molecule has 0 atom stereocenters. The second-order valence-corrected chi connectivity index (χ2v) is 4.07. The lowest BCUT2D eigenvalue weighted by Crippen LogP contribution is -2.08. The van der Waals surface area contributed by atoms with Crippen LogP contribution in [0.1, 0.15) is 36.3 Å². The zero-order valence-corrected chi connectivity index (χ0v) is 8.63. The van der Waals surface area contributed by atoms with Crippen molar-refractivity contribution in [2.45, 2.75) is 25.2 Å². The number of benzene rings is 1. The second-order valence-electron chi connectivity index (χ2n) is 4.07. The fraction of sp³-hybridized carbons (Fsp3) is 0.333. The highest BCUT2D eigenvalue weighted by Gasteiger charge is 2.18. The smallest absolute Gasteiger partial charge is 0.424 e. The Morgan fingerprint density at radius 3 is 2.27 bits per heavy atom. The predicted octanol–water partition coefficient (Wildman–Crippen LogP) is 1.98. The Kier molecular flexibility index (Phi) is 3.24. The van der Waals surface area contributed by atoms with Crippen LogP contribution in [0, 0.1) is 0 Å². The predicted molar refractivity (Wildman–Crippen MR) is 62.3 cm³/mol. The fourth-order valence-electron chi connectivity index (χ4n) is 1.82. The van der Waals surface area contributed by atoms with Crippen LogP contribution in [0.25, 0.3) is 6.08 Å². The minimum Gasteiger partial charge on any atom is -0.424 e. The molecule has 0 aliphatic heterocycles. The highest BCUT2D eigenvalue weighted by molar-refractivity contribution is 6.48. The van der Waals surface area contributed by atoms with Gasteiger partial charge in [-0.15, -0.1) is 0 Å². The summed E-state index contributed by atoms with van der Waals surface area (Å²) < 4.78 is 0. The van der Waals surface area contributed by atoms with Gasteiger partial charge >= 0.3 is 7.12 Å². The maximum atomic E-state index is 8.67. The van der Waals surface area contributed by atoms with E-state index in [1.165, 1.54) is 30.8 Å². The number of rotatable bonds is 3. The molecule has 0 bridgehead atoms. The maximum absolute atomic E-state index is 8.67. The van der Waals surface area contributed by atoms with Gasteiger partial charge in [0.1, 0.15) is 0 Å². The molecule has 2 nitrogen and oxygen atoms in total. The van der Waals surface area contributed by atoms with Gasteiger partial charge in [-0.25, -0.2) is 0 Å². The molecule has 1 saturated carbocycles. The molecule has 0 amide bonds. The Bertz CT molecular complexity index is 339. The molecule has 0 unspecified atom stereocenters. The minimum atomic E-state index is -1.36. The lowest BCUT2D eigenvalue weighted by Gasteiger charge is -2.25. The quantitative estimate of drug-likeness (QED) is 0.735. The van der Waals surface area contributed by atoms with E-state index >= 15 is 0 Å². The van der Waals surface area contributed by atoms with Gasteiger partial charge in [0.05, 0.1) is 0 Å². The molecule has 1 aliphatic carbocycles. The van der Waals surface area contributed by atoms with Crippen LogP contribution in [0.15, 0.2) is 30.2 Å². The highest BCUT2D eigenvalue weighted by atomic mass is 16.4. The van der Waals surface area contributed by atoms with E-state index < -0.39 is 7.12 Å². The Labute approximate surface area is 90.4 Å². The van der Waals surface area contributed by atoms with Crippen LogP contribution in [-0.2, 0) is 0 Å². The van der Waals surface area contributed by atoms with Gasteiger partial charge in [0.2, 0.25) is 0 Å². The van der Waals surface area contributed by atoms with Crippen LogP contribution in [0.4, 0.5) is 0 Å². The molecule has 15 heavy (non-hydrogen) atoms. The Morgan fingerprint density at radius 2 is 1.80 bits per heavy atom. The van der Waals surface area contributed by atoms with Gasteiger partial charge in [-0.2, -0.15) is 0 Å². The van der Waals surface area contributed by atoms with Gasteiger partial charge in [-0.05, 0) is 29.9 Å². The van der Waals surface area contributed by atoms with Gasteiger partial charge in [0.15, 0.2) is 0 Å². The zero-order chi connectivity index (χ0) is 10.7. The first-order chi connectivity index (χ1) is 7.25. The summed E-state index contributed by atoms with van der Waals surface area (Å²) >= 11 is 0. The molecule has 78 valence electrons. The maximum Gasteiger partial charge on any atom is 0.480 e. The van der Waals surface area contributed by atoms with Crippen molar-refractivity contribution < 1.29 is 10.0 Å². The van der Waals surface area contributed by atoms with Crippen molar-refractivity contribution in [1.29, 1.82) is 0 Å². The third kappa shape index (κ3) is 2.70. The molecule has 2 rings (SSSR count). The van der Waals surface area contributed by atoms with Crippen molar-refractivity contribution >= 4 is 13.2 Å². The fourth-order valence-corrected chi connectivity index (χ4v) is 1.82. The van der Waals surface area contributed by atoms with E-state index in [2.05, 4.69) is 12.1 Å². The zero-order valence-electron chi connectivity index (χ0n) is 8.63. The van der Waals surface area contributed by atoms with Gasteiger partial charge in [-0.1, -0.05) is 42.7 Å². The minimum absolute atomic E-state index is 0.756. The van der Waals surface area contributed by atoms with Crippen molar-refractivity contribution in [3.8, 4) is 0 Å². The van der Waals surface area contributed by atoms with Gasteiger partial charge < -0.3 is 10.0 Å². The SMILES string of the molecule is OB(O)/C=C/c1ccc(C2CCC2)cc1. The van der Waals surface area contributed by atoms with E-state index in [4.69, 9.17) is 10.0 Å². The third-order valence-electron chi connectivity index (χ3n) is 2.97. The molecule has 0 heterocycles. The van der Waals surface area contributed by atoms with Gasteiger partial charge in [-0.3, -0.25) is 0 Å². The van der Waals surface area contributed by atoms with E-state index in [1.54, 1.807) is 6.08 Å². The molecule has 0 spiro atoms. The topological polar surface area (TPSA) is 40.5 Å². The van der Waals surface area contributed by atoms with Crippen LogP contribution >= 0.6 is 0 Å². The molecule has 0 aromatic heterocycles. The molecular weight excluding hydrogens is 187 g/mol. The third-order valence-corrected chi connectivity index (χ3v) is 2.97. The second kappa shape index (κ2) is 4.64. The first-order valence-electron chi connectivity index (χ1n) is 5.40. The molecular formula is C12H15BO2. The van der Waals surface area contributed by atoms with Crippen LogP contribution < -0.4 is 0 Å². The summed E-state index contributed by atoms with van der Waals surface area (Å²) in [5.74, 6) is 2.12. The molecule has 1 aromatic rings. The summed E-state index contributed by atoms with van der Waals surface area (Å²) in [7, 11) is -1.36. The van der Waals surface area contributed by atoms with Crippen molar-refractivity contribution in [3.05, 3.63) is 41.4 Å². The molecule has 2 N–H and O–H groups in total.